The molecule has 0 atom stereocenters. The van der Waals surface area contributed by atoms with Crippen molar-refractivity contribution in [3.8, 4) is 28.2 Å². The summed E-state index contributed by atoms with van der Waals surface area (Å²) in [6.45, 7) is 21.0. The van der Waals surface area contributed by atoms with Crippen LogP contribution in [0.15, 0.2) is 140 Å². The van der Waals surface area contributed by atoms with Crippen molar-refractivity contribution < 1.29 is 20.1 Å². The summed E-state index contributed by atoms with van der Waals surface area (Å²) in [5.74, 6) is 2.38. The molecule has 0 bridgehead atoms. The molecule has 0 saturated heterocycles. The Kier molecular flexibility index (Phi) is 12.8. The molecule has 0 N–H and O–H groups in total. The summed E-state index contributed by atoms with van der Waals surface area (Å²) in [4.78, 5) is 5.27. The van der Waals surface area contributed by atoms with Crippen LogP contribution in [-0.4, -0.2) is 17.6 Å². The van der Waals surface area contributed by atoms with Crippen molar-refractivity contribution >= 4 is 77.3 Å². The fourth-order valence-electron chi connectivity index (χ4n) is 9.20. The Hall–Kier alpha value is -5.16. The van der Waals surface area contributed by atoms with Crippen molar-refractivity contribution in [2.45, 2.75) is 79.4 Å². The molecule has 0 aliphatic heterocycles. The van der Waals surface area contributed by atoms with Gasteiger partial charge in [0.2, 0.25) is 0 Å². The molecular weight excluding hydrogens is 977 g/mol. The van der Waals surface area contributed by atoms with Crippen LogP contribution < -0.4 is 5.19 Å². The second-order valence-electron chi connectivity index (χ2n) is 18.8. The molecule has 316 valence electrons. The second-order valence-corrected chi connectivity index (χ2v) is 24.9. The van der Waals surface area contributed by atoms with Gasteiger partial charge in [-0.1, -0.05) is 139 Å². The van der Waals surface area contributed by atoms with Crippen molar-refractivity contribution in [1.82, 2.24) is 9.55 Å². The van der Waals surface area contributed by atoms with E-state index in [1.54, 1.807) is 5.19 Å². The van der Waals surface area contributed by atoms with Crippen molar-refractivity contribution in [1.29, 1.82) is 0 Å². The minimum absolute atomic E-state index is 0. The van der Waals surface area contributed by atoms with Crippen molar-refractivity contribution in [2.75, 3.05) is 0 Å². The molecule has 0 aliphatic carbocycles. The Morgan fingerprint density at radius 3 is 2.02 bits per heavy atom. The van der Waals surface area contributed by atoms with Crippen molar-refractivity contribution in [3.05, 3.63) is 174 Å². The van der Waals surface area contributed by atoms with E-state index < -0.39 is 8.07 Å². The van der Waals surface area contributed by atoms with E-state index in [1.807, 2.05) is 23.5 Å². The van der Waals surface area contributed by atoms with Crippen LogP contribution in [0.3, 0.4) is 0 Å². The van der Waals surface area contributed by atoms with Crippen LogP contribution in [0.2, 0.25) is 19.6 Å². The van der Waals surface area contributed by atoms with Gasteiger partial charge in [0.25, 0.3) is 0 Å². The van der Waals surface area contributed by atoms with Gasteiger partial charge < -0.3 is 4.57 Å². The number of aromatic nitrogens is 2. The van der Waals surface area contributed by atoms with Gasteiger partial charge in [0.05, 0.1) is 16.9 Å². The zero-order valence-corrected chi connectivity index (χ0v) is 42.1. The number of nitrogens with zero attached hydrogens (tertiary/aromatic N) is 2. The van der Waals surface area contributed by atoms with E-state index in [0.29, 0.717) is 17.8 Å². The Morgan fingerprint density at radius 2 is 1.30 bits per heavy atom. The summed E-state index contributed by atoms with van der Waals surface area (Å²) < 4.78 is 4.96. The topological polar surface area (TPSA) is 17.8 Å². The summed E-state index contributed by atoms with van der Waals surface area (Å²) in [5.41, 5.74) is 10.9. The van der Waals surface area contributed by atoms with Crippen LogP contribution in [0.25, 0.3) is 81.0 Å². The summed E-state index contributed by atoms with van der Waals surface area (Å²) in [6, 6.07) is 60.8. The molecule has 0 spiro atoms. The van der Waals surface area contributed by atoms with Gasteiger partial charge in [-0.3, -0.25) is 4.98 Å². The minimum atomic E-state index is -1.31. The van der Waals surface area contributed by atoms with Crippen molar-refractivity contribution in [3.63, 3.8) is 0 Å². The molecule has 2 nitrogen and oxygen atoms in total. The normalized spacial score (nSPS) is 11.9. The van der Waals surface area contributed by atoms with Crippen LogP contribution in [-0.2, 0) is 26.5 Å². The smallest absolute Gasteiger partial charge is 0.333 e. The molecule has 10 rings (SSSR count). The van der Waals surface area contributed by atoms with Crippen LogP contribution in [0.5, 0.6) is 0 Å². The molecular formula is C58H55IrN2SSi. The number of rotatable bonds is 8. The molecule has 10 aromatic rings. The van der Waals surface area contributed by atoms with E-state index >= 15 is 0 Å². The van der Waals surface area contributed by atoms with E-state index in [0.717, 1.165) is 34.4 Å². The van der Waals surface area contributed by atoms with E-state index in [4.69, 9.17) is 4.98 Å². The third-order valence-electron chi connectivity index (χ3n) is 12.1. The van der Waals surface area contributed by atoms with E-state index in [1.165, 1.54) is 69.7 Å². The zero-order chi connectivity index (χ0) is 43.3. The van der Waals surface area contributed by atoms with Crippen LogP contribution in [0, 0.1) is 24.1 Å². The van der Waals surface area contributed by atoms with E-state index in [2.05, 4.69) is 211 Å². The molecule has 63 heavy (non-hydrogen) atoms. The molecule has 0 fully saturated rings. The van der Waals surface area contributed by atoms with Crippen LogP contribution in [0.4, 0.5) is 0 Å². The first-order chi connectivity index (χ1) is 29.9. The maximum absolute atomic E-state index is 5.27. The molecule has 0 aliphatic rings. The summed E-state index contributed by atoms with van der Waals surface area (Å²) >= 11 is 1.85. The first-order valence-electron chi connectivity index (χ1n) is 22.2. The minimum Gasteiger partial charge on any atom is -0.333 e. The van der Waals surface area contributed by atoms with Gasteiger partial charge in [-0.05, 0) is 85.1 Å². The quantitative estimate of drug-likeness (QED) is 0.0842. The third-order valence-corrected chi connectivity index (χ3v) is 15.3. The van der Waals surface area contributed by atoms with E-state index in [-0.39, 0.29) is 20.1 Å². The average molecular weight is 1030 g/mol. The average Bonchev–Trinajstić information content (AvgIpc) is 3.84. The molecule has 0 saturated carbocycles. The Morgan fingerprint density at radius 1 is 0.603 bits per heavy atom. The van der Waals surface area contributed by atoms with Gasteiger partial charge >= 0.3 is 20.1 Å². The first kappa shape index (κ1) is 44.4. The van der Waals surface area contributed by atoms with Crippen LogP contribution in [0.1, 0.15) is 70.1 Å². The van der Waals surface area contributed by atoms with Crippen molar-refractivity contribution in [2.24, 2.45) is 5.92 Å². The summed E-state index contributed by atoms with van der Waals surface area (Å²) in [7, 11) is -1.31. The number of para-hydroxylation sites is 3. The zero-order valence-electron chi connectivity index (χ0n) is 37.9. The fourth-order valence-corrected chi connectivity index (χ4v) is 11.9. The monoisotopic (exact) mass is 1030 g/mol. The van der Waals surface area contributed by atoms with E-state index in [9.17, 15) is 0 Å². The Bertz CT molecular complexity index is 3210. The molecule has 2 aromatic heterocycles. The fraction of sp³-hybridized carbons (Fsp3) is 0.224. The summed E-state index contributed by atoms with van der Waals surface area (Å²) in [5, 5.41) is 9.31. The van der Waals surface area contributed by atoms with Gasteiger partial charge in [0.15, 0.2) is 0 Å². The first-order valence-corrected chi connectivity index (χ1v) is 26.5. The maximum atomic E-state index is 5.27. The van der Waals surface area contributed by atoms with Gasteiger partial charge in [0, 0.05) is 18.5 Å². The van der Waals surface area contributed by atoms with Gasteiger partial charge in [0.1, 0.15) is 0 Å². The molecule has 8 aromatic carbocycles. The molecule has 0 unspecified atom stereocenters. The predicted molar refractivity (Wildman–Crippen MR) is 272 cm³/mol. The van der Waals surface area contributed by atoms with Gasteiger partial charge in [-0.15, -0.1) is 40.6 Å². The largest absolute Gasteiger partial charge is 3.00 e. The van der Waals surface area contributed by atoms with Gasteiger partial charge in [-0.2, -0.15) is 53.8 Å². The molecule has 0 radical (unpaired) electrons. The number of fused-ring (bicyclic) bond motifs is 8. The number of hydrogen-bond donors (Lipinski definition) is 0. The Labute approximate surface area is 392 Å². The summed E-state index contributed by atoms with van der Waals surface area (Å²) in [6.07, 6.45) is 1.15. The predicted octanol–water partition coefficient (Wildman–Crippen LogP) is 16.1. The van der Waals surface area contributed by atoms with Crippen LogP contribution >= 0.6 is 11.3 Å². The number of hydrogen-bond acceptors (Lipinski definition) is 2. The molecule has 5 heteroatoms. The number of benzene rings is 8. The standard InChI is InChI=1S/C39H31N2S.C19H24Si.Ir/c1-23(2)27-12-9-13-28(24(3)4)38(27)41-34-15-8-7-14-33(34)40-39(41)26-17-20-35-32(22-26)37-31-18-16-25-10-5-6-11-29(25)30(31)19-21-36(37)42-35;1-15(2)13-18-14-17(16-9-7-6-8-10-16)11-12-19(18)20(3,4)5;/h5-16,18-24H,1-4H3;6-9,12,14-15H,13H2,1-5H3;/q-1;-2;+3. The SMILES string of the molecule is CC(C)Cc1cc(-c2[c-]cccc2)[c-]cc1[Si](C)(C)C.CC(C)c1cccc(C(C)C)c1-n1c(-c2[c-]cc3sc4ccc5c6ccccc6ccc5c4c3c2)nc2ccccc21.[Ir+3]. The third kappa shape index (κ3) is 8.62. The van der Waals surface area contributed by atoms with Gasteiger partial charge in [-0.25, -0.2) is 11.1 Å². The maximum Gasteiger partial charge on any atom is 3.00 e. The molecule has 0 amide bonds. The molecule has 2 heterocycles. The number of thiophene rings is 1. The Balaban J connectivity index is 0.000000219. The number of imidazole rings is 1. The second kappa shape index (κ2) is 18.1.